The van der Waals surface area contributed by atoms with Gasteiger partial charge in [-0.3, -0.25) is 0 Å². The molecule has 0 nitrogen and oxygen atoms in total. The number of halogens is 2. The van der Waals surface area contributed by atoms with Crippen LogP contribution in [0, 0.1) is 11.6 Å². The second kappa shape index (κ2) is 3.91. The van der Waals surface area contributed by atoms with Crippen molar-refractivity contribution in [3.05, 3.63) is 48.1 Å². The lowest BCUT2D eigenvalue weighted by molar-refractivity contribution is 0.498. The predicted molar refractivity (Wildman–Crippen MR) is 54.2 cm³/mol. The topological polar surface area (TPSA) is 0 Å². The van der Waals surface area contributed by atoms with E-state index in [0.717, 1.165) is 18.1 Å². The first-order chi connectivity index (χ1) is 6.53. The molecule has 2 heteroatoms. The van der Waals surface area contributed by atoms with E-state index < -0.39 is 11.6 Å². The summed E-state index contributed by atoms with van der Waals surface area (Å²) in [7, 11) is 0. The van der Waals surface area contributed by atoms with Gasteiger partial charge in [0.05, 0.1) is 0 Å². The molecule has 0 aliphatic rings. The van der Waals surface area contributed by atoms with Crippen LogP contribution in [-0.4, -0.2) is 0 Å². The molecule has 0 aliphatic carbocycles. The van der Waals surface area contributed by atoms with Gasteiger partial charge in [0.15, 0.2) is 11.6 Å². The van der Waals surface area contributed by atoms with E-state index in [9.17, 15) is 8.78 Å². The number of benzene rings is 1. The molecule has 0 saturated carbocycles. The molecule has 0 fully saturated rings. The van der Waals surface area contributed by atoms with E-state index in [0.29, 0.717) is 0 Å². The average Bonchev–Trinajstić information content (AvgIpc) is 2.21. The van der Waals surface area contributed by atoms with Crippen LogP contribution >= 0.6 is 0 Å². The SMILES string of the molecule is C=CC(C)(CC)c1ccc(F)c(F)c1. The summed E-state index contributed by atoms with van der Waals surface area (Å²) in [6.07, 6.45) is 2.57. The zero-order chi connectivity index (χ0) is 10.8. The first kappa shape index (κ1) is 10.9. The highest BCUT2D eigenvalue weighted by molar-refractivity contribution is 5.30. The van der Waals surface area contributed by atoms with Crippen LogP contribution in [0.25, 0.3) is 0 Å². The van der Waals surface area contributed by atoms with E-state index in [1.807, 2.05) is 13.8 Å². The molecule has 1 unspecified atom stereocenters. The van der Waals surface area contributed by atoms with Gasteiger partial charge in [-0.15, -0.1) is 6.58 Å². The summed E-state index contributed by atoms with van der Waals surface area (Å²) in [5, 5.41) is 0. The lowest BCUT2D eigenvalue weighted by Crippen LogP contribution is -2.17. The van der Waals surface area contributed by atoms with Crippen molar-refractivity contribution in [1.29, 1.82) is 0 Å². The van der Waals surface area contributed by atoms with E-state index >= 15 is 0 Å². The van der Waals surface area contributed by atoms with E-state index in [-0.39, 0.29) is 5.41 Å². The Labute approximate surface area is 83.3 Å². The predicted octanol–water partition coefficient (Wildman–Crippen LogP) is 3.82. The van der Waals surface area contributed by atoms with Crippen LogP contribution in [0.1, 0.15) is 25.8 Å². The van der Waals surface area contributed by atoms with Crippen LogP contribution in [-0.2, 0) is 5.41 Å². The Morgan fingerprint density at radius 1 is 1.36 bits per heavy atom. The molecule has 1 aromatic carbocycles. The van der Waals surface area contributed by atoms with Crippen molar-refractivity contribution < 1.29 is 8.78 Å². The van der Waals surface area contributed by atoms with Crippen molar-refractivity contribution in [2.45, 2.75) is 25.7 Å². The maximum Gasteiger partial charge on any atom is 0.159 e. The molecule has 0 spiro atoms. The Morgan fingerprint density at radius 2 is 2.00 bits per heavy atom. The summed E-state index contributed by atoms with van der Waals surface area (Å²) >= 11 is 0. The summed E-state index contributed by atoms with van der Waals surface area (Å²) in [6, 6.07) is 3.99. The first-order valence-corrected chi connectivity index (χ1v) is 4.62. The highest BCUT2D eigenvalue weighted by Gasteiger charge is 2.21. The summed E-state index contributed by atoms with van der Waals surface area (Å²) in [5.41, 5.74) is 0.475. The molecule has 0 N–H and O–H groups in total. The van der Waals surface area contributed by atoms with Gasteiger partial charge in [-0.25, -0.2) is 8.78 Å². The molecule has 0 bridgehead atoms. The van der Waals surface area contributed by atoms with Gasteiger partial charge in [-0.1, -0.05) is 26.0 Å². The van der Waals surface area contributed by atoms with E-state index in [2.05, 4.69) is 6.58 Å². The van der Waals surface area contributed by atoms with Gasteiger partial charge >= 0.3 is 0 Å². The van der Waals surface area contributed by atoms with Crippen LogP contribution in [0.2, 0.25) is 0 Å². The quantitative estimate of drug-likeness (QED) is 0.645. The minimum atomic E-state index is -0.809. The van der Waals surface area contributed by atoms with Crippen LogP contribution in [0.15, 0.2) is 30.9 Å². The molecule has 0 aliphatic heterocycles. The van der Waals surface area contributed by atoms with Crippen molar-refractivity contribution in [2.75, 3.05) is 0 Å². The van der Waals surface area contributed by atoms with Gasteiger partial charge in [-0.2, -0.15) is 0 Å². The Morgan fingerprint density at radius 3 is 2.43 bits per heavy atom. The fourth-order valence-corrected chi connectivity index (χ4v) is 1.32. The number of allylic oxidation sites excluding steroid dienone is 1. The van der Waals surface area contributed by atoms with Gasteiger partial charge in [0.1, 0.15) is 0 Å². The zero-order valence-electron chi connectivity index (χ0n) is 8.48. The molecule has 0 radical (unpaired) electrons. The molecule has 14 heavy (non-hydrogen) atoms. The molecule has 0 aromatic heterocycles. The molecule has 1 aromatic rings. The molecule has 1 rings (SSSR count). The number of hydrogen-bond acceptors (Lipinski definition) is 0. The van der Waals surface area contributed by atoms with Crippen molar-refractivity contribution in [2.24, 2.45) is 0 Å². The second-order valence-electron chi connectivity index (χ2n) is 3.60. The van der Waals surface area contributed by atoms with Crippen LogP contribution in [0.3, 0.4) is 0 Å². The third-order valence-electron chi connectivity index (χ3n) is 2.76. The number of hydrogen-bond donors (Lipinski definition) is 0. The summed E-state index contributed by atoms with van der Waals surface area (Å²) in [5.74, 6) is -1.61. The minimum Gasteiger partial charge on any atom is -0.204 e. The van der Waals surface area contributed by atoms with Crippen LogP contribution in [0.5, 0.6) is 0 Å². The smallest absolute Gasteiger partial charge is 0.159 e. The average molecular weight is 196 g/mol. The van der Waals surface area contributed by atoms with Gasteiger partial charge < -0.3 is 0 Å². The highest BCUT2D eigenvalue weighted by atomic mass is 19.2. The Bertz CT molecular complexity index is 344. The third-order valence-corrected chi connectivity index (χ3v) is 2.76. The highest BCUT2D eigenvalue weighted by Crippen LogP contribution is 2.29. The Balaban J connectivity index is 3.19. The summed E-state index contributed by atoms with van der Waals surface area (Å²) in [6.45, 7) is 7.66. The minimum absolute atomic E-state index is 0.283. The van der Waals surface area contributed by atoms with E-state index in [1.54, 1.807) is 12.1 Å². The van der Waals surface area contributed by atoms with Crippen molar-refractivity contribution >= 4 is 0 Å². The third kappa shape index (κ3) is 1.84. The molecule has 76 valence electrons. The molecular formula is C12H14F2. The monoisotopic (exact) mass is 196 g/mol. The fourth-order valence-electron chi connectivity index (χ4n) is 1.32. The summed E-state index contributed by atoms with van der Waals surface area (Å²) < 4.78 is 25.7. The van der Waals surface area contributed by atoms with Crippen LogP contribution < -0.4 is 0 Å². The molecule has 1 atom stereocenters. The standard InChI is InChI=1S/C12H14F2/c1-4-12(3,5-2)9-6-7-10(13)11(14)8-9/h4,6-8H,1,5H2,2-3H3. The second-order valence-corrected chi connectivity index (χ2v) is 3.60. The zero-order valence-corrected chi connectivity index (χ0v) is 8.48. The van der Waals surface area contributed by atoms with Crippen molar-refractivity contribution in [3.63, 3.8) is 0 Å². The largest absolute Gasteiger partial charge is 0.204 e. The summed E-state index contributed by atoms with van der Waals surface area (Å²) in [4.78, 5) is 0. The maximum absolute atomic E-state index is 13.0. The van der Waals surface area contributed by atoms with Crippen LogP contribution in [0.4, 0.5) is 8.78 Å². The van der Waals surface area contributed by atoms with E-state index in [1.165, 1.54) is 6.07 Å². The maximum atomic E-state index is 13.0. The fraction of sp³-hybridized carbons (Fsp3) is 0.333. The molecule has 0 saturated heterocycles. The molecule has 0 amide bonds. The lowest BCUT2D eigenvalue weighted by atomic mass is 9.80. The first-order valence-electron chi connectivity index (χ1n) is 4.62. The molecular weight excluding hydrogens is 182 g/mol. The van der Waals surface area contributed by atoms with E-state index in [4.69, 9.17) is 0 Å². The van der Waals surface area contributed by atoms with Crippen molar-refractivity contribution in [1.82, 2.24) is 0 Å². The van der Waals surface area contributed by atoms with Gasteiger partial charge in [0.2, 0.25) is 0 Å². The normalized spacial score (nSPS) is 14.9. The molecule has 0 heterocycles. The Hall–Kier alpha value is -1.18. The number of rotatable bonds is 3. The van der Waals surface area contributed by atoms with Gasteiger partial charge in [0.25, 0.3) is 0 Å². The van der Waals surface area contributed by atoms with Crippen molar-refractivity contribution in [3.8, 4) is 0 Å². The van der Waals surface area contributed by atoms with Gasteiger partial charge in [0, 0.05) is 5.41 Å². The lowest BCUT2D eigenvalue weighted by Gasteiger charge is -2.24. The van der Waals surface area contributed by atoms with Gasteiger partial charge in [-0.05, 0) is 24.1 Å². The Kier molecular flexibility index (Phi) is 3.04.